The molecule has 0 bridgehead atoms. The molecule has 0 atom stereocenters. The summed E-state index contributed by atoms with van der Waals surface area (Å²) in [7, 11) is 0. The van der Waals surface area contributed by atoms with Gasteiger partial charge in [-0.25, -0.2) is 4.98 Å². The molecule has 0 fully saturated rings. The smallest absolute Gasteiger partial charge is 0.207 e. The standard InChI is InChI=1S/C8H4N8/c9-13-11-7-5-3-1-2-4-6(5)16-8(10-7)12-14-15-16/h1-4H. The van der Waals surface area contributed by atoms with Crippen molar-refractivity contribution in [3.63, 3.8) is 0 Å². The summed E-state index contributed by atoms with van der Waals surface area (Å²) in [4.78, 5) is 6.79. The minimum Gasteiger partial charge on any atom is -0.207 e. The average Bonchev–Trinajstić information content (AvgIpc) is 2.78. The van der Waals surface area contributed by atoms with E-state index >= 15 is 0 Å². The Morgan fingerprint density at radius 1 is 1.31 bits per heavy atom. The van der Waals surface area contributed by atoms with Gasteiger partial charge in [-0.1, -0.05) is 23.3 Å². The van der Waals surface area contributed by atoms with Crippen LogP contribution in [0.4, 0.5) is 5.82 Å². The maximum Gasteiger partial charge on any atom is 0.274 e. The van der Waals surface area contributed by atoms with Crippen molar-refractivity contribution in [3.05, 3.63) is 34.7 Å². The Morgan fingerprint density at radius 2 is 2.19 bits per heavy atom. The lowest BCUT2D eigenvalue weighted by atomic mass is 10.2. The first-order valence-electron chi connectivity index (χ1n) is 4.42. The number of nitrogens with zero attached hydrogens (tertiary/aromatic N) is 8. The van der Waals surface area contributed by atoms with Crippen LogP contribution in [0.25, 0.3) is 27.1 Å². The lowest BCUT2D eigenvalue weighted by Crippen LogP contribution is -1.93. The number of rotatable bonds is 1. The van der Waals surface area contributed by atoms with Crippen molar-refractivity contribution < 1.29 is 0 Å². The van der Waals surface area contributed by atoms with Crippen LogP contribution < -0.4 is 0 Å². The molecule has 8 nitrogen and oxygen atoms in total. The minimum absolute atomic E-state index is 0.278. The third kappa shape index (κ3) is 1.07. The van der Waals surface area contributed by atoms with Crippen LogP contribution in [-0.2, 0) is 0 Å². The second-order valence-electron chi connectivity index (χ2n) is 3.03. The van der Waals surface area contributed by atoms with E-state index in [9.17, 15) is 0 Å². The molecule has 2 heterocycles. The number of tetrazole rings is 1. The molecular weight excluding hydrogens is 208 g/mol. The van der Waals surface area contributed by atoms with Gasteiger partial charge in [0.05, 0.1) is 5.52 Å². The second kappa shape index (κ2) is 3.14. The van der Waals surface area contributed by atoms with Crippen molar-refractivity contribution in [2.24, 2.45) is 5.11 Å². The number of fused-ring (bicyclic) bond motifs is 3. The molecule has 0 unspecified atom stereocenters. The fourth-order valence-corrected chi connectivity index (χ4v) is 1.53. The summed E-state index contributed by atoms with van der Waals surface area (Å²) in [6, 6.07) is 7.31. The van der Waals surface area contributed by atoms with Gasteiger partial charge < -0.3 is 0 Å². The van der Waals surface area contributed by atoms with Crippen LogP contribution in [0.1, 0.15) is 0 Å². The van der Waals surface area contributed by atoms with Gasteiger partial charge in [0.1, 0.15) is 5.82 Å². The van der Waals surface area contributed by atoms with Crippen molar-refractivity contribution >= 4 is 22.5 Å². The zero-order valence-electron chi connectivity index (χ0n) is 7.89. The van der Waals surface area contributed by atoms with Crippen LogP contribution in [0.5, 0.6) is 0 Å². The Hall–Kier alpha value is -2.73. The van der Waals surface area contributed by atoms with Crippen LogP contribution in [0.15, 0.2) is 29.4 Å². The second-order valence-corrected chi connectivity index (χ2v) is 3.03. The maximum absolute atomic E-state index is 8.46. The first-order chi connectivity index (χ1) is 7.90. The monoisotopic (exact) mass is 212 g/mol. The van der Waals surface area contributed by atoms with E-state index in [0.717, 1.165) is 5.52 Å². The molecule has 3 rings (SSSR count). The van der Waals surface area contributed by atoms with E-state index in [0.29, 0.717) is 11.2 Å². The highest BCUT2D eigenvalue weighted by molar-refractivity contribution is 5.89. The van der Waals surface area contributed by atoms with Gasteiger partial charge in [0.2, 0.25) is 0 Å². The van der Waals surface area contributed by atoms with E-state index in [1.165, 1.54) is 4.52 Å². The fraction of sp³-hybridized carbons (Fsp3) is 0. The molecule has 3 aromatic rings. The van der Waals surface area contributed by atoms with Gasteiger partial charge in [0.25, 0.3) is 5.78 Å². The highest BCUT2D eigenvalue weighted by Crippen LogP contribution is 2.23. The number of aromatic nitrogens is 5. The number of para-hydroxylation sites is 1. The summed E-state index contributed by atoms with van der Waals surface area (Å²) < 4.78 is 1.49. The van der Waals surface area contributed by atoms with Crippen LogP contribution in [0.3, 0.4) is 0 Å². The molecule has 1 aromatic carbocycles. The summed E-state index contributed by atoms with van der Waals surface area (Å²) >= 11 is 0. The van der Waals surface area contributed by atoms with E-state index in [4.69, 9.17) is 5.53 Å². The lowest BCUT2D eigenvalue weighted by molar-refractivity contribution is 0.840. The zero-order chi connectivity index (χ0) is 11.0. The molecule has 0 aliphatic heterocycles. The highest BCUT2D eigenvalue weighted by atomic mass is 15.5. The number of hydrogen-bond donors (Lipinski definition) is 0. The molecule has 0 aliphatic rings. The Bertz CT molecular complexity index is 723. The molecule has 0 saturated heterocycles. The summed E-state index contributed by atoms with van der Waals surface area (Å²) in [5.74, 6) is 0.585. The van der Waals surface area contributed by atoms with E-state index in [1.54, 1.807) is 6.07 Å². The topological polar surface area (TPSA) is 105 Å². The SMILES string of the molecule is [N-]=[N+]=Nc1nc2nnnn2c2ccccc12. The Labute approximate surface area is 88.1 Å². The molecule has 0 radical (unpaired) electrons. The highest BCUT2D eigenvalue weighted by Gasteiger charge is 2.08. The Kier molecular flexibility index (Phi) is 1.68. The molecule has 76 valence electrons. The van der Waals surface area contributed by atoms with E-state index < -0.39 is 0 Å². The lowest BCUT2D eigenvalue weighted by Gasteiger charge is -2.00. The van der Waals surface area contributed by atoms with Crippen molar-refractivity contribution in [1.29, 1.82) is 0 Å². The zero-order valence-corrected chi connectivity index (χ0v) is 7.89. The molecule has 0 spiro atoms. The van der Waals surface area contributed by atoms with Gasteiger partial charge in [0.15, 0.2) is 0 Å². The Balaban J connectivity index is 2.59. The molecular formula is C8H4N8. The van der Waals surface area contributed by atoms with Crippen LogP contribution in [0, 0.1) is 0 Å². The molecule has 16 heavy (non-hydrogen) atoms. The van der Waals surface area contributed by atoms with Gasteiger partial charge >= 0.3 is 0 Å². The predicted octanol–water partition coefficient (Wildman–Crippen LogP) is 1.61. The van der Waals surface area contributed by atoms with Gasteiger partial charge in [-0.2, -0.15) is 4.52 Å². The first-order valence-corrected chi connectivity index (χ1v) is 4.42. The molecule has 0 saturated carbocycles. The van der Waals surface area contributed by atoms with Crippen molar-refractivity contribution in [2.75, 3.05) is 0 Å². The summed E-state index contributed by atoms with van der Waals surface area (Å²) in [5, 5.41) is 15.3. The summed E-state index contributed by atoms with van der Waals surface area (Å²) in [6.45, 7) is 0. The van der Waals surface area contributed by atoms with E-state index in [2.05, 4.69) is 30.5 Å². The maximum atomic E-state index is 8.46. The van der Waals surface area contributed by atoms with Crippen LogP contribution >= 0.6 is 0 Å². The van der Waals surface area contributed by atoms with Crippen molar-refractivity contribution in [1.82, 2.24) is 25.0 Å². The quantitative estimate of drug-likeness (QED) is 0.347. The summed E-state index contributed by atoms with van der Waals surface area (Å²) in [5.41, 5.74) is 9.21. The molecule has 8 heteroatoms. The largest absolute Gasteiger partial charge is 0.274 e. The van der Waals surface area contributed by atoms with Gasteiger partial charge in [-0.05, 0) is 27.1 Å². The molecule has 2 aromatic heterocycles. The summed E-state index contributed by atoms with van der Waals surface area (Å²) in [6.07, 6.45) is 0. The van der Waals surface area contributed by atoms with E-state index in [1.807, 2.05) is 18.2 Å². The van der Waals surface area contributed by atoms with Crippen LogP contribution in [0.2, 0.25) is 0 Å². The normalized spacial score (nSPS) is 10.5. The predicted molar refractivity (Wildman–Crippen MR) is 54.9 cm³/mol. The third-order valence-corrected chi connectivity index (χ3v) is 2.17. The number of benzene rings is 1. The first kappa shape index (κ1) is 8.57. The Morgan fingerprint density at radius 3 is 3.06 bits per heavy atom. The number of azide groups is 1. The molecule has 0 amide bonds. The van der Waals surface area contributed by atoms with Crippen LogP contribution in [-0.4, -0.2) is 25.0 Å². The molecule has 0 aliphatic carbocycles. The van der Waals surface area contributed by atoms with Gasteiger partial charge in [0, 0.05) is 10.3 Å². The van der Waals surface area contributed by atoms with Crippen molar-refractivity contribution in [2.45, 2.75) is 0 Å². The number of hydrogen-bond acceptors (Lipinski definition) is 5. The van der Waals surface area contributed by atoms with Crippen molar-refractivity contribution in [3.8, 4) is 0 Å². The average molecular weight is 212 g/mol. The van der Waals surface area contributed by atoms with E-state index in [-0.39, 0.29) is 5.82 Å². The molecule has 0 N–H and O–H groups in total. The van der Waals surface area contributed by atoms with Gasteiger partial charge in [-0.15, -0.1) is 0 Å². The minimum atomic E-state index is 0.278. The third-order valence-electron chi connectivity index (χ3n) is 2.17. The van der Waals surface area contributed by atoms with Gasteiger partial charge in [-0.3, -0.25) is 0 Å². The fourth-order valence-electron chi connectivity index (χ4n) is 1.53.